The van der Waals surface area contributed by atoms with E-state index in [4.69, 9.17) is 20.4 Å². The van der Waals surface area contributed by atoms with Crippen molar-refractivity contribution in [2.24, 2.45) is 0 Å². The predicted molar refractivity (Wildman–Crippen MR) is 169 cm³/mol. The highest BCUT2D eigenvalue weighted by Crippen LogP contribution is 2.40. The lowest BCUT2D eigenvalue weighted by Gasteiger charge is -2.40. The van der Waals surface area contributed by atoms with Crippen LogP contribution in [0.4, 0.5) is 11.4 Å². The SMILES string of the molecule is Cc1cc(Cl)c(C#N)cc1NC(c1nnc(-c2ccc(NC(=O)c3ccccc3)cc2)o1)C(C)O[Si](C)(C)C(C)(C)C. The molecular formula is C32H36ClN5O3Si. The van der Waals surface area contributed by atoms with Gasteiger partial charge in [-0.25, -0.2) is 0 Å². The summed E-state index contributed by atoms with van der Waals surface area (Å²) in [5.74, 6) is 0.499. The fourth-order valence-electron chi connectivity index (χ4n) is 4.14. The molecule has 0 aliphatic rings. The summed E-state index contributed by atoms with van der Waals surface area (Å²) in [7, 11) is -2.16. The van der Waals surface area contributed by atoms with Gasteiger partial charge in [0.1, 0.15) is 12.1 Å². The normalized spacial score (nSPS) is 13.2. The topological polar surface area (TPSA) is 113 Å². The molecule has 2 N–H and O–H groups in total. The van der Waals surface area contributed by atoms with Crippen LogP contribution in [0.15, 0.2) is 71.1 Å². The summed E-state index contributed by atoms with van der Waals surface area (Å²) in [5.41, 5.74) is 3.90. The maximum Gasteiger partial charge on any atom is 0.255 e. The first-order valence-electron chi connectivity index (χ1n) is 13.7. The number of carbonyl (C=O) groups excluding carboxylic acids is 1. The highest BCUT2D eigenvalue weighted by atomic mass is 35.5. The Hall–Kier alpha value is -3.97. The van der Waals surface area contributed by atoms with Crippen molar-refractivity contribution >= 4 is 37.2 Å². The zero-order valence-electron chi connectivity index (χ0n) is 24.9. The van der Waals surface area contributed by atoms with Crippen molar-refractivity contribution in [2.75, 3.05) is 10.6 Å². The van der Waals surface area contributed by atoms with Gasteiger partial charge in [-0.3, -0.25) is 4.79 Å². The Morgan fingerprint density at radius 2 is 1.74 bits per heavy atom. The molecule has 1 amide bonds. The van der Waals surface area contributed by atoms with Crippen molar-refractivity contribution in [1.82, 2.24) is 10.2 Å². The van der Waals surface area contributed by atoms with Crippen LogP contribution in [0.1, 0.15) is 61.1 Å². The van der Waals surface area contributed by atoms with Gasteiger partial charge in [-0.1, -0.05) is 50.6 Å². The first-order chi connectivity index (χ1) is 19.8. The van der Waals surface area contributed by atoms with Gasteiger partial charge in [0.2, 0.25) is 11.8 Å². The summed E-state index contributed by atoms with van der Waals surface area (Å²) in [6, 6.07) is 21.4. The standard InChI is InChI=1S/C32H36ClN5O3Si/c1-20-17-26(33)24(19-34)18-27(20)36-28(21(2)41-42(6,7)32(3,4)5)31-38-37-30(40-31)23-13-15-25(16-14-23)35-29(39)22-11-9-8-10-12-22/h8-18,21,28,36H,1-7H3,(H,35,39). The number of amides is 1. The zero-order valence-corrected chi connectivity index (χ0v) is 26.7. The Labute approximate surface area is 253 Å². The van der Waals surface area contributed by atoms with Crippen LogP contribution in [0.5, 0.6) is 0 Å². The van der Waals surface area contributed by atoms with Crippen LogP contribution in [-0.4, -0.2) is 30.5 Å². The van der Waals surface area contributed by atoms with Gasteiger partial charge in [0.05, 0.1) is 16.7 Å². The lowest BCUT2D eigenvalue weighted by molar-refractivity contribution is 0.102. The number of carbonyl (C=O) groups is 1. The Morgan fingerprint density at radius 1 is 1.07 bits per heavy atom. The minimum atomic E-state index is -2.16. The van der Waals surface area contributed by atoms with Crippen molar-refractivity contribution in [3.63, 3.8) is 0 Å². The van der Waals surface area contributed by atoms with Crippen LogP contribution in [0.25, 0.3) is 11.5 Å². The number of nitrogens with zero attached hydrogens (tertiary/aromatic N) is 3. The second-order valence-corrected chi connectivity index (χ2v) is 17.0. The zero-order chi connectivity index (χ0) is 30.7. The van der Waals surface area contributed by atoms with Gasteiger partial charge in [-0.15, -0.1) is 10.2 Å². The van der Waals surface area contributed by atoms with Gasteiger partial charge in [0.25, 0.3) is 5.91 Å². The first kappa shape index (κ1) is 31.0. The molecule has 1 heterocycles. The third kappa shape index (κ3) is 7.08. The number of aryl methyl sites for hydroxylation is 1. The van der Waals surface area contributed by atoms with E-state index in [2.05, 4.69) is 60.8 Å². The molecule has 0 aliphatic carbocycles. The molecule has 10 heteroatoms. The van der Waals surface area contributed by atoms with Gasteiger partial charge in [0.15, 0.2) is 8.32 Å². The van der Waals surface area contributed by atoms with Gasteiger partial charge >= 0.3 is 0 Å². The quantitative estimate of drug-likeness (QED) is 0.185. The Morgan fingerprint density at radius 3 is 2.36 bits per heavy atom. The lowest BCUT2D eigenvalue weighted by atomic mass is 10.1. The van der Waals surface area contributed by atoms with Gasteiger partial charge in [-0.2, -0.15) is 5.26 Å². The number of anilines is 2. The summed E-state index contributed by atoms with van der Waals surface area (Å²) in [6.07, 6.45) is -0.338. The van der Waals surface area contributed by atoms with Crippen molar-refractivity contribution in [3.05, 3.63) is 94.3 Å². The third-order valence-electron chi connectivity index (χ3n) is 7.63. The van der Waals surface area contributed by atoms with E-state index in [1.165, 1.54) is 0 Å². The maximum absolute atomic E-state index is 12.5. The number of nitriles is 1. The fourth-order valence-corrected chi connectivity index (χ4v) is 5.82. The summed E-state index contributed by atoms with van der Waals surface area (Å²) in [4.78, 5) is 12.5. The number of aromatic nitrogens is 2. The highest BCUT2D eigenvalue weighted by molar-refractivity contribution is 6.74. The summed E-state index contributed by atoms with van der Waals surface area (Å²) < 4.78 is 12.9. The van der Waals surface area contributed by atoms with Crippen LogP contribution in [-0.2, 0) is 4.43 Å². The van der Waals surface area contributed by atoms with Crippen LogP contribution in [0.3, 0.4) is 0 Å². The first-order valence-corrected chi connectivity index (χ1v) is 17.0. The molecule has 0 aliphatic heterocycles. The smallest absolute Gasteiger partial charge is 0.255 e. The van der Waals surface area contributed by atoms with Crippen molar-refractivity contribution in [2.45, 2.75) is 64.9 Å². The Balaban J connectivity index is 1.61. The predicted octanol–water partition coefficient (Wildman–Crippen LogP) is 8.39. The number of nitrogens with one attached hydrogen (secondary N) is 2. The average molecular weight is 602 g/mol. The number of benzene rings is 3. The Bertz CT molecular complexity index is 1590. The third-order valence-corrected chi connectivity index (χ3v) is 12.5. The van der Waals surface area contributed by atoms with E-state index in [0.717, 1.165) is 11.3 Å². The highest BCUT2D eigenvalue weighted by Gasteiger charge is 2.41. The molecule has 0 fully saturated rings. The summed E-state index contributed by atoms with van der Waals surface area (Å²) in [5, 5.41) is 25.0. The number of rotatable bonds is 9. The van der Waals surface area contributed by atoms with Gasteiger partial charge < -0.3 is 19.5 Å². The van der Waals surface area contributed by atoms with Crippen LogP contribution >= 0.6 is 11.6 Å². The molecule has 0 bridgehead atoms. The minimum absolute atomic E-state index is 0.00629. The molecule has 2 atom stereocenters. The van der Waals surface area contributed by atoms with Gasteiger partial charge in [-0.05, 0) is 86.1 Å². The summed E-state index contributed by atoms with van der Waals surface area (Å²) >= 11 is 6.26. The number of hydrogen-bond donors (Lipinski definition) is 2. The molecule has 4 aromatic rings. The molecule has 0 radical (unpaired) electrons. The molecule has 0 spiro atoms. The molecule has 218 valence electrons. The van der Waals surface area contributed by atoms with E-state index < -0.39 is 14.4 Å². The summed E-state index contributed by atoms with van der Waals surface area (Å²) in [6.45, 7) is 14.9. The Kier molecular flexibility index (Phi) is 9.21. The van der Waals surface area contributed by atoms with Crippen molar-refractivity contribution in [1.29, 1.82) is 5.26 Å². The van der Waals surface area contributed by atoms with Gasteiger partial charge in [0, 0.05) is 22.5 Å². The molecule has 3 aromatic carbocycles. The monoisotopic (exact) mass is 601 g/mol. The van der Waals surface area contributed by atoms with E-state index in [1.807, 2.05) is 44.2 Å². The van der Waals surface area contributed by atoms with E-state index in [-0.39, 0.29) is 17.0 Å². The molecule has 2 unspecified atom stereocenters. The van der Waals surface area contributed by atoms with Crippen LogP contribution < -0.4 is 10.6 Å². The average Bonchev–Trinajstić information content (AvgIpc) is 3.42. The minimum Gasteiger partial charge on any atom is -0.418 e. The molecule has 8 nitrogen and oxygen atoms in total. The van der Waals surface area contributed by atoms with E-state index in [1.54, 1.807) is 36.4 Å². The molecule has 0 saturated carbocycles. The number of hydrogen-bond acceptors (Lipinski definition) is 7. The van der Waals surface area contributed by atoms with Crippen molar-refractivity contribution in [3.8, 4) is 17.5 Å². The molecule has 42 heavy (non-hydrogen) atoms. The van der Waals surface area contributed by atoms with E-state index >= 15 is 0 Å². The molecule has 4 rings (SSSR count). The van der Waals surface area contributed by atoms with E-state index in [9.17, 15) is 10.1 Å². The second-order valence-electron chi connectivity index (χ2n) is 11.8. The molecule has 1 aromatic heterocycles. The maximum atomic E-state index is 12.5. The second kappa shape index (κ2) is 12.5. The van der Waals surface area contributed by atoms with Crippen molar-refractivity contribution < 1.29 is 13.6 Å². The fraction of sp³-hybridized carbons (Fsp3) is 0.312. The van der Waals surface area contributed by atoms with Crippen LogP contribution in [0, 0.1) is 18.3 Å². The largest absolute Gasteiger partial charge is 0.418 e. The lowest BCUT2D eigenvalue weighted by Crippen LogP contribution is -2.45. The van der Waals surface area contributed by atoms with E-state index in [0.29, 0.717) is 39.2 Å². The van der Waals surface area contributed by atoms with Crippen LogP contribution in [0.2, 0.25) is 23.2 Å². The molecular weight excluding hydrogens is 566 g/mol. The number of halogens is 1. The molecule has 0 saturated heterocycles.